The maximum Gasteiger partial charge on any atom is 0.410 e. The van der Waals surface area contributed by atoms with E-state index >= 15 is 0 Å². The number of amides is 1. The van der Waals surface area contributed by atoms with Crippen LogP contribution in [0.5, 0.6) is 0 Å². The first-order chi connectivity index (χ1) is 8.99. The number of hydrogen-bond donors (Lipinski definition) is 1. The van der Waals surface area contributed by atoms with Gasteiger partial charge in [0.2, 0.25) is 0 Å². The van der Waals surface area contributed by atoms with Gasteiger partial charge in [0.05, 0.1) is 11.7 Å². The lowest BCUT2D eigenvalue weighted by molar-refractivity contribution is 0.0692. The van der Waals surface area contributed by atoms with Gasteiger partial charge in [-0.2, -0.15) is 0 Å². The minimum Gasteiger partial charge on any atom is -0.478 e. The number of nitrogens with zero attached hydrogens (tertiary/aromatic N) is 1. The molecule has 0 saturated heterocycles. The molecule has 0 spiro atoms. The van der Waals surface area contributed by atoms with Crippen molar-refractivity contribution in [2.24, 2.45) is 0 Å². The lowest BCUT2D eigenvalue weighted by Crippen LogP contribution is -2.38. The quantitative estimate of drug-likeness (QED) is 0.889. The highest BCUT2D eigenvalue weighted by Crippen LogP contribution is 2.23. The lowest BCUT2D eigenvalue weighted by Gasteiger charge is -2.29. The van der Waals surface area contributed by atoms with E-state index in [1.807, 2.05) is 6.07 Å². The van der Waals surface area contributed by atoms with Crippen molar-refractivity contribution in [3.8, 4) is 0 Å². The number of fused-ring (bicyclic) bond motifs is 1. The fourth-order valence-corrected chi connectivity index (χ4v) is 2.24. The minimum absolute atomic E-state index is 0.153. The van der Waals surface area contributed by atoms with Crippen LogP contribution in [-0.4, -0.2) is 34.7 Å². The molecular formula is C14H17NO4. The second kappa shape index (κ2) is 5.30. The van der Waals surface area contributed by atoms with Crippen molar-refractivity contribution in [2.75, 3.05) is 6.54 Å². The zero-order valence-electron chi connectivity index (χ0n) is 11.0. The van der Waals surface area contributed by atoms with E-state index in [1.54, 1.807) is 30.9 Å². The molecule has 102 valence electrons. The molecule has 0 aliphatic carbocycles. The third-order valence-electron chi connectivity index (χ3n) is 3.09. The van der Waals surface area contributed by atoms with Crippen LogP contribution in [0.15, 0.2) is 18.2 Å². The molecule has 0 fully saturated rings. The molecule has 0 radical (unpaired) electrons. The van der Waals surface area contributed by atoms with Crippen LogP contribution < -0.4 is 0 Å². The first-order valence-corrected chi connectivity index (χ1v) is 6.28. The van der Waals surface area contributed by atoms with Gasteiger partial charge < -0.3 is 14.7 Å². The van der Waals surface area contributed by atoms with Gasteiger partial charge in [-0.3, -0.25) is 0 Å². The van der Waals surface area contributed by atoms with E-state index in [1.165, 1.54) is 0 Å². The summed E-state index contributed by atoms with van der Waals surface area (Å²) in [4.78, 5) is 24.6. The van der Waals surface area contributed by atoms with E-state index in [2.05, 4.69) is 0 Å². The van der Waals surface area contributed by atoms with E-state index in [9.17, 15) is 9.59 Å². The van der Waals surface area contributed by atoms with Crippen molar-refractivity contribution in [1.29, 1.82) is 0 Å². The fraction of sp³-hybridized carbons (Fsp3) is 0.429. The monoisotopic (exact) mass is 263 g/mol. The molecule has 1 heterocycles. The fourth-order valence-electron chi connectivity index (χ4n) is 2.24. The number of ether oxygens (including phenoxy) is 1. The number of aromatic carboxylic acids is 1. The maximum absolute atomic E-state index is 11.8. The Bertz CT molecular complexity index is 510. The Morgan fingerprint density at radius 2 is 2.11 bits per heavy atom. The molecule has 2 rings (SSSR count). The summed E-state index contributed by atoms with van der Waals surface area (Å²) >= 11 is 0. The molecule has 0 atom stereocenters. The van der Waals surface area contributed by atoms with E-state index in [0.717, 1.165) is 11.1 Å². The standard InChI is InChI=1S/C14H17NO4/c1-9(2)19-14(18)15-7-6-11-10(8-15)4-3-5-12(11)13(16)17/h3-5,9H,6-8H2,1-2H3,(H,16,17). The van der Waals surface area contributed by atoms with Crippen molar-refractivity contribution in [3.63, 3.8) is 0 Å². The van der Waals surface area contributed by atoms with Crippen LogP contribution in [-0.2, 0) is 17.7 Å². The van der Waals surface area contributed by atoms with Gasteiger partial charge in [-0.1, -0.05) is 12.1 Å². The van der Waals surface area contributed by atoms with Crippen LogP contribution in [0, 0.1) is 0 Å². The second-order valence-corrected chi connectivity index (χ2v) is 4.85. The molecule has 1 aliphatic rings. The Morgan fingerprint density at radius 1 is 1.37 bits per heavy atom. The number of carboxylic acid groups (broad SMARTS) is 1. The molecule has 1 aliphatic heterocycles. The van der Waals surface area contributed by atoms with Gasteiger partial charge in [0.15, 0.2) is 0 Å². The Kier molecular flexibility index (Phi) is 3.74. The minimum atomic E-state index is -0.921. The molecule has 5 heteroatoms. The van der Waals surface area contributed by atoms with Crippen LogP contribution in [0.1, 0.15) is 35.3 Å². The lowest BCUT2D eigenvalue weighted by atomic mass is 9.95. The third-order valence-corrected chi connectivity index (χ3v) is 3.09. The van der Waals surface area contributed by atoms with Crippen LogP contribution in [0.4, 0.5) is 4.79 Å². The van der Waals surface area contributed by atoms with Gasteiger partial charge in [0, 0.05) is 13.1 Å². The average Bonchev–Trinajstić information content (AvgIpc) is 2.36. The highest BCUT2D eigenvalue weighted by atomic mass is 16.6. The summed E-state index contributed by atoms with van der Waals surface area (Å²) in [5, 5.41) is 9.13. The summed E-state index contributed by atoms with van der Waals surface area (Å²) in [5.41, 5.74) is 2.03. The maximum atomic E-state index is 11.8. The number of hydrogen-bond acceptors (Lipinski definition) is 3. The summed E-state index contributed by atoms with van der Waals surface area (Å²) in [6.45, 7) is 4.50. The van der Waals surface area contributed by atoms with Crippen LogP contribution in [0.2, 0.25) is 0 Å². The van der Waals surface area contributed by atoms with Gasteiger partial charge in [-0.25, -0.2) is 9.59 Å². The Morgan fingerprint density at radius 3 is 2.74 bits per heavy atom. The molecule has 1 aromatic carbocycles. The van der Waals surface area contributed by atoms with E-state index in [4.69, 9.17) is 9.84 Å². The Balaban J connectivity index is 2.19. The summed E-state index contributed by atoms with van der Waals surface area (Å²) in [6.07, 6.45) is 0.0472. The molecule has 1 N–H and O–H groups in total. The number of rotatable bonds is 2. The van der Waals surface area contributed by atoms with Crippen molar-refractivity contribution in [3.05, 3.63) is 34.9 Å². The van der Waals surface area contributed by atoms with Crippen LogP contribution >= 0.6 is 0 Å². The van der Waals surface area contributed by atoms with E-state index < -0.39 is 5.97 Å². The highest BCUT2D eigenvalue weighted by molar-refractivity contribution is 5.90. The zero-order valence-corrected chi connectivity index (χ0v) is 11.0. The second-order valence-electron chi connectivity index (χ2n) is 4.85. The average molecular weight is 263 g/mol. The predicted octanol–water partition coefficient (Wildman–Crippen LogP) is 2.29. The smallest absolute Gasteiger partial charge is 0.410 e. The van der Waals surface area contributed by atoms with Crippen LogP contribution in [0.25, 0.3) is 0 Å². The van der Waals surface area contributed by atoms with Gasteiger partial charge in [0.25, 0.3) is 0 Å². The first kappa shape index (κ1) is 13.4. The largest absolute Gasteiger partial charge is 0.478 e. The number of carbonyl (C=O) groups excluding carboxylic acids is 1. The molecule has 0 unspecified atom stereocenters. The molecule has 19 heavy (non-hydrogen) atoms. The summed E-state index contributed by atoms with van der Waals surface area (Å²) in [5.74, 6) is -0.921. The molecule has 0 aromatic heterocycles. The summed E-state index contributed by atoms with van der Waals surface area (Å²) in [6, 6.07) is 5.17. The van der Waals surface area contributed by atoms with Crippen molar-refractivity contribution in [1.82, 2.24) is 4.90 Å². The topological polar surface area (TPSA) is 66.8 Å². The number of benzene rings is 1. The third kappa shape index (κ3) is 2.86. The number of carboxylic acids is 1. The van der Waals surface area contributed by atoms with Crippen LogP contribution in [0.3, 0.4) is 0 Å². The molecule has 1 amide bonds. The molecule has 5 nitrogen and oxygen atoms in total. The van der Waals surface area contributed by atoms with Gasteiger partial charge in [-0.15, -0.1) is 0 Å². The van der Waals surface area contributed by atoms with Gasteiger partial charge in [-0.05, 0) is 37.5 Å². The van der Waals surface area contributed by atoms with Crippen molar-refractivity contribution >= 4 is 12.1 Å². The number of carbonyl (C=O) groups is 2. The normalized spacial score (nSPS) is 14.2. The molecule has 0 saturated carbocycles. The Labute approximate surface area is 111 Å². The van der Waals surface area contributed by atoms with Crippen molar-refractivity contribution < 1.29 is 19.4 Å². The van der Waals surface area contributed by atoms with Gasteiger partial charge >= 0.3 is 12.1 Å². The highest BCUT2D eigenvalue weighted by Gasteiger charge is 2.25. The van der Waals surface area contributed by atoms with E-state index in [0.29, 0.717) is 25.1 Å². The first-order valence-electron chi connectivity index (χ1n) is 6.28. The predicted molar refractivity (Wildman–Crippen MR) is 69.1 cm³/mol. The SMILES string of the molecule is CC(C)OC(=O)N1CCc2c(cccc2C(=O)O)C1. The molecular weight excluding hydrogens is 246 g/mol. The zero-order chi connectivity index (χ0) is 14.0. The summed E-state index contributed by atoms with van der Waals surface area (Å²) in [7, 11) is 0. The van der Waals surface area contributed by atoms with E-state index in [-0.39, 0.29) is 12.2 Å². The molecule has 1 aromatic rings. The summed E-state index contributed by atoms with van der Waals surface area (Å²) < 4.78 is 5.15. The van der Waals surface area contributed by atoms with Crippen molar-refractivity contribution in [2.45, 2.75) is 32.9 Å². The Hall–Kier alpha value is -2.04. The molecule has 0 bridgehead atoms. The van der Waals surface area contributed by atoms with Gasteiger partial charge in [0.1, 0.15) is 0 Å².